The van der Waals surface area contributed by atoms with Crippen LogP contribution in [0.4, 0.5) is 0 Å². The number of hydrogen-bond donors (Lipinski definition) is 2. The third kappa shape index (κ3) is 3.74. The van der Waals surface area contributed by atoms with Crippen LogP contribution in [-0.4, -0.2) is 42.3 Å². The normalized spacial score (nSPS) is 21.4. The van der Waals surface area contributed by atoms with Gasteiger partial charge in [-0.25, -0.2) is 0 Å². The Hall–Kier alpha value is -0.120. The summed E-state index contributed by atoms with van der Waals surface area (Å²) in [6.07, 6.45) is 6.18. The van der Waals surface area contributed by atoms with Gasteiger partial charge in [-0.15, -0.1) is 0 Å². The summed E-state index contributed by atoms with van der Waals surface area (Å²) in [6, 6.07) is 0.260. The summed E-state index contributed by atoms with van der Waals surface area (Å²) in [5.41, 5.74) is 6.07. The molecule has 3 heteroatoms. The lowest BCUT2D eigenvalue weighted by Gasteiger charge is -2.36. The number of nitrogens with two attached hydrogens (primary N) is 1. The third-order valence-corrected chi connectivity index (χ3v) is 3.64. The maximum atomic E-state index is 9.38. The molecular weight excluding hydrogens is 188 g/mol. The van der Waals surface area contributed by atoms with Gasteiger partial charge in [-0.2, -0.15) is 0 Å². The van der Waals surface area contributed by atoms with E-state index in [-0.39, 0.29) is 18.7 Å². The van der Waals surface area contributed by atoms with Crippen molar-refractivity contribution < 1.29 is 5.11 Å². The highest BCUT2D eigenvalue weighted by atomic mass is 16.3. The van der Waals surface area contributed by atoms with Crippen molar-refractivity contribution in [3.05, 3.63) is 0 Å². The average Bonchev–Trinajstić information content (AvgIpc) is 2.13. The number of aliphatic hydroxyl groups excluding tert-OH is 1. The van der Waals surface area contributed by atoms with E-state index < -0.39 is 0 Å². The molecule has 0 spiro atoms. The van der Waals surface area contributed by atoms with E-state index in [1.807, 2.05) is 0 Å². The van der Waals surface area contributed by atoms with E-state index in [9.17, 15) is 5.11 Å². The van der Waals surface area contributed by atoms with E-state index >= 15 is 0 Å². The average molecular weight is 214 g/mol. The minimum Gasteiger partial charge on any atom is -0.395 e. The summed E-state index contributed by atoms with van der Waals surface area (Å²) in [5, 5.41) is 9.38. The fraction of sp³-hybridized carbons (Fsp3) is 1.00. The number of hydrogen-bond acceptors (Lipinski definition) is 3. The van der Waals surface area contributed by atoms with Crippen LogP contribution in [0.2, 0.25) is 0 Å². The van der Waals surface area contributed by atoms with Gasteiger partial charge in [0.2, 0.25) is 0 Å². The summed E-state index contributed by atoms with van der Waals surface area (Å²) < 4.78 is 0. The van der Waals surface area contributed by atoms with E-state index in [4.69, 9.17) is 5.73 Å². The van der Waals surface area contributed by atoms with Crippen molar-refractivity contribution in [2.75, 3.05) is 20.2 Å². The summed E-state index contributed by atoms with van der Waals surface area (Å²) >= 11 is 0. The van der Waals surface area contributed by atoms with Gasteiger partial charge in [0.15, 0.2) is 0 Å². The fourth-order valence-electron chi connectivity index (χ4n) is 2.35. The topological polar surface area (TPSA) is 49.5 Å². The highest BCUT2D eigenvalue weighted by Gasteiger charge is 2.25. The molecular formula is C12H26N2O. The van der Waals surface area contributed by atoms with Crippen molar-refractivity contribution in [2.24, 2.45) is 11.7 Å². The van der Waals surface area contributed by atoms with E-state index in [2.05, 4.69) is 18.9 Å². The Morgan fingerprint density at radius 3 is 2.53 bits per heavy atom. The molecule has 0 aliphatic heterocycles. The molecule has 0 aromatic heterocycles. The Kier molecular flexibility index (Phi) is 5.58. The maximum Gasteiger partial charge on any atom is 0.0601 e. The Bertz CT molecular complexity index is 171. The lowest BCUT2D eigenvalue weighted by Crippen LogP contribution is -2.50. The summed E-state index contributed by atoms with van der Waals surface area (Å²) in [7, 11) is 2.09. The van der Waals surface area contributed by atoms with Gasteiger partial charge in [0, 0.05) is 18.6 Å². The van der Waals surface area contributed by atoms with Crippen molar-refractivity contribution in [2.45, 2.75) is 51.1 Å². The SMILES string of the molecule is CCCC(N)C(CO)N(C)CC1CCC1. The Morgan fingerprint density at radius 1 is 1.47 bits per heavy atom. The Morgan fingerprint density at radius 2 is 2.13 bits per heavy atom. The van der Waals surface area contributed by atoms with Crippen LogP contribution in [-0.2, 0) is 0 Å². The molecule has 0 amide bonds. The smallest absolute Gasteiger partial charge is 0.0601 e. The highest BCUT2D eigenvalue weighted by molar-refractivity contribution is 4.82. The zero-order valence-corrected chi connectivity index (χ0v) is 10.2. The summed E-state index contributed by atoms with van der Waals surface area (Å²) in [6.45, 7) is 3.42. The quantitative estimate of drug-likeness (QED) is 0.669. The third-order valence-electron chi connectivity index (χ3n) is 3.64. The second-order valence-electron chi connectivity index (χ2n) is 4.94. The van der Waals surface area contributed by atoms with Gasteiger partial charge >= 0.3 is 0 Å². The monoisotopic (exact) mass is 214 g/mol. The van der Waals surface area contributed by atoms with E-state index in [1.54, 1.807) is 0 Å². The Labute approximate surface area is 93.6 Å². The minimum atomic E-state index is 0.116. The van der Waals surface area contributed by atoms with Crippen molar-refractivity contribution in [3.63, 3.8) is 0 Å². The predicted octanol–water partition coefficient (Wildman–Crippen LogP) is 1.21. The first-order valence-electron chi connectivity index (χ1n) is 6.25. The molecule has 1 aliphatic carbocycles. The van der Waals surface area contributed by atoms with Gasteiger partial charge < -0.3 is 10.8 Å². The summed E-state index contributed by atoms with van der Waals surface area (Å²) in [5.74, 6) is 0.845. The molecule has 2 unspecified atom stereocenters. The molecule has 1 fully saturated rings. The molecule has 3 nitrogen and oxygen atoms in total. The van der Waals surface area contributed by atoms with Crippen molar-refractivity contribution in [1.29, 1.82) is 0 Å². The fourth-order valence-corrected chi connectivity index (χ4v) is 2.35. The van der Waals surface area contributed by atoms with Crippen LogP contribution < -0.4 is 5.73 Å². The molecule has 15 heavy (non-hydrogen) atoms. The second-order valence-corrected chi connectivity index (χ2v) is 4.94. The predicted molar refractivity (Wildman–Crippen MR) is 63.7 cm³/mol. The molecule has 3 N–H and O–H groups in total. The van der Waals surface area contributed by atoms with E-state index in [0.29, 0.717) is 0 Å². The van der Waals surface area contributed by atoms with Crippen LogP contribution in [0.25, 0.3) is 0 Å². The zero-order chi connectivity index (χ0) is 11.3. The molecule has 1 rings (SSSR count). The van der Waals surface area contributed by atoms with Crippen LogP contribution in [0, 0.1) is 5.92 Å². The zero-order valence-electron chi connectivity index (χ0n) is 10.2. The van der Waals surface area contributed by atoms with Crippen LogP contribution in [0.3, 0.4) is 0 Å². The largest absolute Gasteiger partial charge is 0.395 e. The number of nitrogens with zero attached hydrogens (tertiary/aromatic N) is 1. The van der Waals surface area contributed by atoms with Gasteiger partial charge in [0.25, 0.3) is 0 Å². The maximum absolute atomic E-state index is 9.38. The first-order valence-corrected chi connectivity index (χ1v) is 6.25. The van der Waals surface area contributed by atoms with Crippen LogP contribution in [0.15, 0.2) is 0 Å². The lowest BCUT2D eigenvalue weighted by molar-refractivity contribution is 0.0936. The van der Waals surface area contributed by atoms with Crippen molar-refractivity contribution in [1.82, 2.24) is 4.90 Å². The first kappa shape index (κ1) is 12.9. The van der Waals surface area contributed by atoms with Crippen LogP contribution >= 0.6 is 0 Å². The molecule has 1 aliphatic rings. The molecule has 2 atom stereocenters. The number of aliphatic hydroxyl groups is 1. The molecule has 1 saturated carbocycles. The molecule has 90 valence electrons. The van der Waals surface area contributed by atoms with E-state index in [1.165, 1.54) is 19.3 Å². The molecule has 0 heterocycles. The van der Waals surface area contributed by atoms with Gasteiger partial charge in [-0.1, -0.05) is 19.8 Å². The van der Waals surface area contributed by atoms with Gasteiger partial charge in [-0.05, 0) is 32.2 Å². The molecule has 0 aromatic rings. The number of rotatable bonds is 7. The lowest BCUT2D eigenvalue weighted by atomic mass is 9.84. The van der Waals surface area contributed by atoms with Gasteiger partial charge in [0.05, 0.1) is 6.61 Å². The van der Waals surface area contributed by atoms with Crippen molar-refractivity contribution >= 4 is 0 Å². The van der Waals surface area contributed by atoms with Gasteiger partial charge in [0.1, 0.15) is 0 Å². The second kappa shape index (κ2) is 6.46. The van der Waals surface area contributed by atoms with Crippen molar-refractivity contribution in [3.8, 4) is 0 Å². The molecule has 0 saturated heterocycles. The summed E-state index contributed by atoms with van der Waals surface area (Å²) in [4.78, 5) is 2.25. The Balaban J connectivity index is 2.33. The number of likely N-dealkylation sites (N-methyl/N-ethyl adjacent to an activating group) is 1. The van der Waals surface area contributed by atoms with Crippen LogP contribution in [0.1, 0.15) is 39.0 Å². The van der Waals surface area contributed by atoms with Crippen LogP contribution in [0.5, 0.6) is 0 Å². The minimum absolute atomic E-state index is 0.116. The first-order chi connectivity index (χ1) is 7.19. The van der Waals surface area contributed by atoms with E-state index in [0.717, 1.165) is 25.3 Å². The highest BCUT2D eigenvalue weighted by Crippen LogP contribution is 2.27. The molecule has 0 aromatic carbocycles. The molecule has 0 radical (unpaired) electrons. The standard InChI is InChI=1S/C12H26N2O/c1-3-5-11(13)12(9-15)14(2)8-10-6-4-7-10/h10-12,15H,3-9,13H2,1-2H3. The molecule has 0 bridgehead atoms. The van der Waals surface area contributed by atoms with Gasteiger partial charge in [-0.3, -0.25) is 4.90 Å².